The number of carbonyl (C=O) groups is 1. The van der Waals surface area contributed by atoms with E-state index in [2.05, 4.69) is 43.1 Å². The number of H-pyrrole nitrogens is 1. The van der Waals surface area contributed by atoms with E-state index < -0.39 is 23.6 Å². The third-order valence-electron chi connectivity index (χ3n) is 4.30. The number of carbonyl (C=O) groups excluding carboxylic acids is 1. The summed E-state index contributed by atoms with van der Waals surface area (Å²) in [6, 6.07) is 3.52. The lowest BCUT2D eigenvalue weighted by Gasteiger charge is -2.24. The third-order valence-corrected chi connectivity index (χ3v) is 5.82. The molecule has 2 N–H and O–H groups in total. The summed E-state index contributed by atoms with van der Waals surface area (Å²) in [6.45, 7) is 1.90. The molecule has 3 rings (SSSR count). The molecule has 146 valence electrons. The van der Waals surface area contributed by atoms with Gasteiger partial charge in [0, 0.05) is 9.99 Å². The first-order valence-electron chi connectivity index (χ1n) is 7.90. The van der Waals surface area contributed by atoms with Crippen LogP contribution in [0.25, 0.3) is 0 Å². The largest absolute Gasteiger partial charge is 0.480 e. The molecule has 6 nitrogen and oxygen atoms in total. The van der Waals surface area contributed by atoms with Crippen molar-refractivity contribution in [2.75, 3.05) is 0 Å². The average Bonchev–Trinajstić information content (AvgIpc) is 3.19. The minimum absolute atomic E-state index is 0.0890. The molecule has 0 aliphatic carbocycles. The highest BCUT2D eigenvalue weighted by Gasteiger charge is 2.51. The van der Waals surface area contributed by atoms with Gasteiger partial charge in [0.2, 0.25) is 0 Å². The molecule has 1 amide bonds. The fourth-order valence-electron chi connectivity index (χ4n) is 2.45. The molecular weight excluding hydrogens is 500 g/mol. The third kappa shape index (κ3) is 4.00. The van der Waals surface area contributed by atoms with E-state index in [1.165, 1.54) is 0 Å². The molecule has 1 aromatic heterocycles. The molecule has 1 aliphatic heterocycles. The lowest BCUT2D eigenvalue weighted by molar-refractivity contribution is -0.182. The summed E-state index contributed by atoms with van der Waals surface area (Å²) in [7, 11) is 0. The number of rotatable bonds is 4. The predicted molar refractivity (Wildman–Crippen MR) is 99.6 cm³/mol. The van der Waals surface area contributed by atoms with E-state index in [-0.39, 0.29) is 18.2 Å². The van der Waals surface area contributed by atoms with Crippen LogP contribution in [0.3, 0.4) is 0 Å². The van der Waals surface area contributed by atoms with Crippen LogP contribution in [0, 0.1) is 3.57 Å². The number of hydrogen-bond donors (Lipinski definition) is 2. The fraction of sp³-hybridized carbons (Fsp3) is 0.438. The van der Waals surface area contributed by atoms with Crippen molar-refractivity contribution in [3.8, 4) is 5.75 Å². The average molecular weight is 515 g/mol. The van der Waals surface area contributed by atoms with E-state index in [4.69, 9.17) is 16.3 Å². The molecule has 2 aromatic rings. The molecule has 1 atom stereocenters. The molecule has 11 heteroatoms. The molecule has 1 aliphatic rings. The second-order valence-corrected chi connectivity index (χ2v) is 8.20. The topological polar surface area (TPSA) is 79.9 Å². The Hall–Kier alpha value is -1.56. The highest BCUT2D eigenvalue weighted by atomic mass is 127. The minimum Gasteiger partial charge on any atom is -0.480 e. The van der Waals surface area contributed by atoms with Crippen LogP contribution < -0.4 is 10.1 Å². The number of aromatic amines is 1. The Morgan fingerprint density at radius 2 is 2.15 bits per heavy atom. The van der Waals surface area contributed by atoms with Crippen LogP contribution in [-0.4, -0.2) is 33.4 Å². The number of fused-ring (bicyclic) bond motifs is 1. The molecule has 1 aromatic carbocycles. The van der Waals surface area contributed by atoms with Crippen molar-refractivity contribution in [2.24, 2.45) is 0 Å². The van der Waals surface area contributed by atoms with E-state index in [0.717, 1.165) is 23.0 Å². The molecule has 0 radical (unpaired) electrons. The van der Waals surface area contributed by atoms with Gasteiger partial charge in [0.15, 0.2) is 11.9 Å². The summed E-state index contributed by atoms with van der Waals surface area (Å²) < 4.78 is 45.6. The molecule has 0 saturated carbocycles. The van der Waals surface area contributed by atoms with Gasteiger partial charge in [-0.05, 0) is 54.1 Å². The van der Waals surface area contributed by atoms with Crippen molar-refractivity contribution in [2.45, 2.75) is 44.5 Å². The number of benzene rings is 1. The molecule has 0 bridgehead atoms. The molecule has 27 heavy (non-hydrogen) atoms. The second kappa shape index (κ2) is 7.12. The van der Waals surface area contributed by atoms with E-state index in [1.807, 2.05) is 0 Å². The van der Waals surface area contributed by atoms with Crippen molar-refractivity contribution in [3.05, 3.63) is 37.9 Å². The van der Waals surface area contributed by atoms with Gasteiger partial charge in [-0.2, -0.15) is 18.3 Å². The maximum absolute atomic E-state index is 13.0. The summed E-state index contributed by atoms with van der Waals surface area (Å²) in [5.74, 6) is -0.0556. The summed E-state index contributed by atoms with van der Waals surface area (Å²) in [5.41, 5.74) is -1.37. The zero-order chi connectivity index (χ0) is 20.0. The number of ether oxygens (including phenoxy) is 1. The molecular formula is C16H15ClF3IN4O2. The van der Waals surface area contributed by atoms with Crippen molar-refractivity contribution >= 4 is 40.1 Å². The lowest BCUT2D eigenvalue weighted by atomic mass is 9.92. The van der Waals surface area contributed by atoms with Gasteiger partial charge in [-0.3, -0.25) is 9.89 Å². The molecule has 0 spiro atoms. The normalized spacial score (nSPS) is 16.8. The zero-order valence-corrected chi connectivity index (χ0v) is 17.2. The van der Waals surface area contributed by atoms with Crippen molar-refractivity contribution in [1.82, 2.24) is 20.5 Å². The first kappa shape index (κ1) is 20.2. The maximum Gasteiger partial charge on any atom is 0.401 e. The Morgan fingerprint density at radius 3 is 2.81 bits per heavy atom. The number of amides is 1. The van der Waals surface area contributed by atoms with Crippen LogP contribution in [0.1, 0.15) is 31.1 Å². The van der Waals surface area contributed by atoms with Gasteiger partial charge >= 0.3 is 6.18 Å². The summed E-state index contributed by atoms with van der Waals surface area (Å²) in [6.07, 6.45) is -4.86. The van der Waals surface area contributed by atoms with Gasteiger partial charge in [0.1, 0.15) is 17.0 Å². The second-order valence-electron chi connectivity index (χ2n) is 6.63. The predicted octanol–water partition coefficient (Wildman–Crippen LogP) is 3.52. The summed E-state index contributed by atoms with van der Waals surface area (Å²) >= 11 is 8.14. The molecule has 0 saturated heterocycles. The number of nitrogens with zero attached hydrogens (tertiary/aromatic N) is 2. The zero-order valence-electron chi connectivity index (χ0n) is 14.2. The Kier molecular flexibility index (Phi) is 5.32. The van der Waals surface area contributed by atoms with Crippen LogP contribution >= 0.6 is 34.2 Å². The Balaban J connectivity index is 1.61. The van der Waals surface area contributed by atoms with Crippen molar-refractivity contribution in [1.29, 1.82) is 0 Å². The lowest BCUT2D eigenvalue weighted by Crippen LogP contribution is -2.38. The van der Waals surface area contributed by atoms with Gasteiger partial charge in [0.25, 0.3) is 5.91 Å². The van der Waals surface area contributed by atoms with E-state index >= 15 is 0 Å². The van der Waals surface area contributed by atoms with Crippen LogP contribution in [0.15, 0.2) is 12.1 Å². The van der Waals surface area contributed by atoms with E-state index in [0.29, 0.717) is 17.2 Å². The number of nitrogens with one attached hydrogen (secondary N) is 2. The van der Waals surface area contributed by atoms with Gasteiger partial charge in [-0.1, -0.05) is 11.6 Å². The molecule has 1 unspecified atom stereocenters. The summed E-state index contributed by atoms with van der Waals surface area (Å²) in [5, 5.41) is 9.23. The molecule has 2 heterocycles. The van der Waals surface area contributed by atoms with Gasteiger partial charge < -0.3 is 10.1 Å². The number of alkyl halides is 3. The highest BCUT2D eigenvalue weighted by molar-refractivity contribution is 14.1. The van der Waals surface area contributed by atoms with Crippen molar-refractivity contribution < 1.29 is 22.7 Å². The SMILES string of the molecule is CC(C)(c1n[nH]c(CNC(=O)C2Cc3cc(Cl)c(I)cc3O2)n1)C(F)(F)F. The fourth-order valence-corrected chi connectivity index (χ4v) is 3.07. The van der Waals surface area contributed by atoms with Crippen LogP contribution in [0.4, 0.5) is 13.2 Å². The number of halogens is 5. The summed E-state index contributed by atoms with van der Waals surface area (Å²) in [4.78, 5) is 16.2. The Morgan fingerprint density at radius 1 is 1.44 bits per heavy atom. The first-order valence-corrected chi connectivity index (χ1v) is 9.35. The van der Waals surface area contributed by atoms with Crippen molar-refractivity contribution in [3.63, 3.8) is 0 Å². The van der Waals surface area contributed by atoms with Crippen LogP contribution in [-0.2, 0) is 23.2 Å². The standard InChI is InChI=1S/C16H15ClF3IN4O2/c1-15(2,16(18,19)20)14-23-12(24-25-14)6-22-13(26)11-4-7-3-8(17)9(21)5-10(7)27-11/h3,5,11H,4,6H2,1-2H3,(H,22,26)(H,23,24,25). The van der Waals surface area contributed by atoms with Gasteiger partial charge in [-0.15, -0.1) is 0 Å². The number of hydrogen-bond acceptors (Lipinski definition) is 4. The van der Waals surface area contributed by atoms with Crippen LogP contribution in [0.2, 0.25) is 5.02 Å². The minimum atomic E-state index is -4.49. The molecule has 0 fully saturated rings. The van der Waals surface area contributed by atoms with Gasteiger partial charge in [0.05, 0.1) is 11.6 Å². The first-order chi connectivity index (χ1) is 12.5. The van der Waals surface area contributed by atoms with E-state index in [9.17, 15) is 18.0 Å². The Labute approximate surface area is 171 Å². The highest BCUT2D eigenvalue weighted by Crippen LogP contribution is 2.38. The number of aromatic nitrogens is 3. The quantitative estimate of drug-likeness (QED) is 0.612. The smallest absolute Gasteiger partial charge is 0.401 e. The maximum atomic E-state index is 13.0. The monoisotopic (exact) mass is 514 g/mol. The van der Waals surface area contributed by atoms with Crippen LogP contribution in [0.5, 0.6) is 5.75 Å². The van der Waals surface area contributed by atoms with Gasteiger partial charge in [-0.25, -0.2) is 4.98 Å². The van der Waals surface area contributed by atoms with E-state index in [1.54, 1.807) is 12.1 Å². The Bertz CT molecular complexity index is 854.